The van der Waals surface area contributed by atoms with Crippen molar-refractivity contribution in [1.29, 1.82) is 0 Å². The van der Waals surface area contributed by atoms with Gasteiger partial charge in [-0.05, 0) is 49.2 Å². The summed E-state index contributed by atoms with van der Waals surface area (Å²) in [6.45, 7) is 4.52. The van der Waals surface area contributed by atoms with Gasteiger partial charge in [0.05, 0.1) is 26.5 Å². The first-order chi connectivity index (χ1) is 12.5. The SMILES string of the molecule is COc1ccc(-c2ccc(=O)n(Cc3cc(C)ccc3C)n2)cc1OC. The van der Waals surface area contributed by atoms with Crippen LogP contribution in [0.2, 0.25) is 0 Å². The normalized spacial score (nSPS) is 10.6. The number of rotatable bonds is 5. The molecule has 3 aromatic rings. The fourth-order valence-electron chi connectivity index (χ4n) is 2.84. The molecule has 0 radical (unpaired) electrons. The van der Waals surface area contributed by atoms with Crippen LogP contribution >= 0.6 is 0 Å². The molecule has 0 unspecified atom stereocenters. The first-order valence-corrected chi connectivity index (χ1v) is 8.38. The Balaban J connectivity index is 2.00. The molecule has 0 aliphatic rings. The van der Waals surface area contributed by atoms with Crippen LogP contribution < -0.4 is 15.0 Å². The lowest BCUT2D eigenvalue weighted by molar-refractivity contribution is 0.355. The topological polar surface area (TPSA) is 53.4 Å². The molecule has 1 heterocycles. The van der Waals surface area contributed by atoms with Gasteiger partial charge in [0.2, 0.25) is 0 Å². The van der Waals surface area contributed by atoms with E-state index in [4.69, 9.17) is 9.47 Å². The Labute approximate surface area is 152 Å². The smallest absolute Gasteiger partial charge is 0.267 e. The Hall–Kier alpha value is -3.08. The van der Waals surface area contributed by atoms with E-state index in [-0.39, 0.29) is 5.56 Å². The van der Waals surface area contributed by atoms with E-state index >= 15 is 0 Å². The molecule has 26 heavy (non-hydrogen) atoms. The quantitative estimate of drug-likeness (QED) is 0.706. The second-order valence-corrected chi connectivity index (χ2v) is 6.21. The molecule has 0 spiro atoms. The van der Waals surface area contributed by atoms with Gasteiger partial charge in [0.1, 0.15) is 0 Å². The number of aromatic nitrogens is 2. The number of benzene rings is 2. The Morgan fingerprint density at radius 1 is 0.923 bits per heavy atom. The zero-order chi connectivity index (χ0) is 18.7. The summed E-state index contributed by atoms with van der Waals surface area (Å²) < 4.78 is 12.1. The van der Waals surface area contributed by atoms with Crippen LogP contribution in [0, 0.1) is 13.8 Å². The third-order valence-electron chi connectivity index (χ3n) is 4.37. The largest absolute Gasteiger partial charge is 0.493 e. The molecule has 3 rings (SSSR count). The van der Waals surface area contributed by atoms with Crippen LogP contribution in [0.3, 0.4) is 0 Å². The van der Waals surface area contributed by atoms with Crippen molar-refractivity contribution in [3.63, 3.8) is 0 Å². The maximum Gasteiger partial charge on any atom is 0.267 e. The summed E-state index contributed by atoms with van der Waals surface area (Å²) in [5, 5.41) is 4.55. The van der Waals surface area contributed by atoms with Crippen LogP contribution in [0.1, 0.15) is 16.7 Å². The molecule has 0 amide bonds. The van der Waals surface area contributed by atoms with Gasteiger partial charge in [0, 0.05) is 11.6 Å². The Kier molecular flexibility index (Phi) is 5.07. The number of hydrogen-bond acceptors (Lipinski definition) is 4. The first kappa shape index (κ1) is 17.7. The number of ether oxygens (including phenoxy) is 2. The average molecular weight is 350 g/mol. The van der Waals surface area contributed by atoms with Crippen LogP contribution in [-0.4, -0.2) is 24.0 Å². The lowest BCUT2D eigenvalue weighted by Crippen LogP contribution is -2.23. The van der Waals surface area contributed by atoms with Gasteiger partial charge in [-0.25, -0.2) is 4.68 Å². The van der Waals surface area contributed by atoms with Crippen LogP contribution in [-0.2, 0) is 6.54 Å². The Bertz CT molecular complexity index is 993. The molecular formula is C21H22N2O3. The predicted octanol–water partition coefficient (Wildman–Crippen LogP) is 3.59. The number of methoxy groups -OCH3 is 2. The van der Waals surface area contributed by atoms with Gasteiger partial charge >= 0.3 is 0 Å². The molecule has 0 N–H and O–H groups in total. The van der Waals surface area contributed by atoms with Gasteiger partial charge < -0.3 is 9.47 Å². The molecular weight excluding hydrogens is 328 g/mol. The molecule has 0 bridgehead atoms. The first-order valence-electron chi connectivity index (χ1n) is 8.38. The molecule has 5 heteroatoms. The van der Waals surface area contributed by atoms with Gasteiger partial charge in [0.25, 0.3) is 5.56 Å². The Morgan fingerprint density at radius 3 is 2.42 bits per heavy atom. The van der Waals surface area contributed by atoms with Gasteiger partial charge in [-0.1, -0.05) is 23.8 Å². The summed E-state index contributed by atoms with van der Waals surface area (Å²) in [7, 11) is 3.19. The van der Waals surface area contributed by atoms with Gasteiger partial charge in [-0.15, -0.1) is 0 Å². The lowest BCUT2D eigenvalue weighted by Gasteiger charge is -2.12. The molecule has 0 saturated carbocycles. The third kappa shape index (κ3) is 3.61. The van der Waals surface area contributed by atoms with E-state index in [9.17, 15) is 4.79 Å². The highest BCUT2D eigenvalue weighted by Crippen LogP contribution is 2.31. The van der Waals surface area contributed by atoms with E-state index in [1.165, 1.54) is 4.68 Å². The molecule has 0 atom stereocenters. The number of hydrogen-bond donors (Lipinski definition) is 0. The van der Waals surface area contributed by atoms with Crippen LogP contribution in [0.15, 0.2) is 53.3 Å². The standard InChI is InChI=1S/C21H22N2O3/c1-14-5-6-15(2)17(11-14)13-23-21(24)10-8-18(22-23)16-7-9-19(25-3)20(12-16)26-4/h5-12H,13H2,1-4H3. The minimum atomic E-state index is -0.130. The molecule has 1 aromatic heterocycles. The molecule has 0 fully saturated rings. The van der Waals surface area contributed by atoms with E-state index in [2.05, 4.69) is 23.3 Å². The van der Waals surface area contributed by atoms with Crippen molar-refractivity contribution in [2.24, 2.45) is 0 Å². The van der Waals surface area contributed by atoms with Crippen LogP contribution in [0.5, 0.6) is 11.5 Å². The van der Waals surface area contributed by atoms with E-state index in [1.807, 2.05) is 32.0 Å². The maximum absolute atomic E-state index is 12.3. The van der Waals surface area contributed by atoms with Gasteiger partial charge in [-0.3, -0.25) is 4.79 Å². The van der Waals surface area contributed by atoms with Crippen molar-refractivity contribution in [2.75, 3.05) is 14.2 Å². The minimum Gasteiger partial charge on any atom is -0.493 e. The van der Waals surface area contributed by atoms with E-state index in [1.54, 1.807) is 26.4 Å². The maximum atomic E-state index is 12.3. The van der Waals surface area contributed by atoms with Crippen LogP contribution in [0.25, 0.3) is 11.3 Å². The fraction of sp³-hybridized carbons (Fsp3) is 0.238. The van der Waals surface area contributed by atoms with E-state index < -0.39 is 0 Å². The lowest BCUT2D eigenvalue weighted by atomic mass is 10.1. The Morgan fingerprint density at radius 2 is 1.69 bits per heavy atom. The van der Waals surface area contributed by atoms with Crippen molar-refractivity contribution in [2.45, 2.75) is 20.4 Å². The molecule has 0 aliphatic carbocycles. The fourth-order valence-corrected chi connectivity index (χ4v) is 2.84. The van der Waals surface area contributed by atoms with Crippen LogP contribution in [0.4, 0.5) is 0 Å². The summed E-state index contributed by atoms with van der Waals surface area (Å²) in [5.74, 6) is 1.28. The summed E-state index contributed by atoms with van der Waals surface area (Å²) in [6, 6.07) is 15.1. The molecule has 2 aromatic carbocycles. The monoisotopic (exact) mass is 350 g/mol. The molecule has 0 saturated heterocycles. The number of aryl methyl sites for hydroxylation is 2. The van der Waals surface area contributed by atoms with Crippen molar-refractivity contribution >= 4 is 0 Å². The van der Waals surface area contributed by atoms with E-state index in [0.717, 1.165) is 22.3 Å². The highest BCUT2D eigenvalue weighted by molar-refractivity contribution is 5.63. The van der Waals surface area contributed by atoms with Crippen molar-refractivity contribution in [1.82, 2.24) is 9.78 Å². The zero-order valence-corrected chi connectivity index (χ0v) is 15.4. The molecule has 5 nitrogen and oxygen atoms in total. The van der Waals surface area contributed by atoms with Gasteiger partial charge in [0.15, 0.2) is 11.5 Å². The summed E-state index contributed by atoms with van der Waals surface area (Å²) in [6.07, 6.45) is 0. The average Bonchev–Trinajstić information content (AvgIpc) is 2.65. The van der Waals surface area contributed by atoms with E-state index in [0.29, 0.717) is 23.7 Å². The summed E-state index contributed by atoms with van der Waals surface area (Å²) in [5.41, 5.74) is 4.82. The second-order valence-electron chi connectivity index (χ2n) is 6.21. The highest BCUT2D eigenvalue weighted by Gasteiger charge is 2.10. The van der Waals surface area contributed by atoms with Crippen molar-refractivity contribution in [3.05, 3.63) is 75.6 Å². The predicted molar refractivity (Wildman–Crippen MR) is 102 cm³/mol. The molecule has 134 valence electrons. The highest BCUT2D eigenvalue weighted by atomic mass is 16.5. The second kappa shape index (κ2) is 7.44. The zero-order valence-electron chi connectivity index (χ0n) is 15.4. The summed E-state index contributed by atoms with van der Waals surface area (Å²) in [4.78, 5) is 12.3. The van der Waals surface area contributed by atoms with Crippen molar-refractivity contribution in [3.8, 4) is 22.8 Å². The third-order valence-corrected chi connectivity index (χ3v) is 4.37. The molecule has 0 aliphatic heterocycles. The summed E-state index contributed by atoms with van der Waals surface area (Å²) >= 11 is 0. The minimum absolute atomic E-state index is 0.130. The number of nitrogens with zero attached hydrogens (tertiary/aromatic N) is 2. The van der Waals surface area contributed by atoms with Crippen molar-refractivity contribution < 1.29 is 9.47 Å². The van der Waals surface area contributed by atoms with Gasteiger partial charge in [-0.2, -0.15) is 5.10 Å².